The summed E-state index contributed by atoms with van der Waals surface area (Å²) in [7, 11) is -3.26. The number of hydrogen-bond donors (Lipinski definition) is 2. The van der Waals surface area contributed by atoms with E-state index >= 15 is 0 Å². The van der Waals surface area contributed by atoms with Gasteiger partial charge >= 0.3 is 0 Å². The molecule has 0 aliphatic heterocycles. The third-order valence-corrected chi connectivity index (χ3v) is 8.26. The Morgan fingerprint density at radius 3 is 2.36 bits per heavy atom. The molecule has 0 radical (unpaired) electrons. The molecule has 0 heterocycles. The highest BCUT2D eigenvalue weighted by Gasteiger charge is 2.32. The van der Waals surface area contributed by atoms with Crippen molar-refractivity contribution in [2.75, 3.05) is 11.9 Å². The van der Waals surface area contributed by atoms with Crippen molar-refractivity contribution >= 4 is 15.7 Å². The first-order valence-corrected chi connectivity index (χ1v) is 12.2. The van der Waals surface area contributed by atoms with Crippen molar-refractivity contribution in [3.8, 4) is 5.75 Å². The van der Waals surface area contributed by atoms with Gasteiger partial charge in [-0.05, 0) is 90.2 Å². The minimum Gasteiger partial charge on any atom is -0.490 e. The molecule has 2 aliphatic carbocycles. The molecule has 0 aromatic heterocycles. The van der Waals surface area contributed by atoms with Crippen molar-refractivity contribution in [3.05, 3.63) is 24.3 Å². The molecule has 6 heteroatoms. The highest BCUT2D eigenvalue weighted by molar-refractivity contribution is 7.90. The predicted octanol–water partition coefficient (Wildman–Crippen LogP) is 4.70. The van der Waals surface area contributed by atoms with Crippen LogP contribution in [0.15, 0.2) is 24.3 Å². The zero-order valence-corrected chi connectivity index (χ0v) is 18.4. The fourth-order valence-electron chi connectivity index (χ4n) is 4.02. The Balaban J connectivity index is 1.43. The van der Waals surface area contributed by atoms with Crippen molar-refractivity contribution < 1.29 is 13.2 Å². The quantitative estimate of drug-likeness (QED) is 0.686. The molecule has 5 nitrogen and oxygen atoms in total. The van der Waals surface area contributed by atoms with Crippen LogP contribution in [0.1, 0.15) is 72.1 Å². The number of ether oxygens (including phenoxy) is 1. The van der Waals surface area contributed by atoms with Gasteiger partial charge in [-0.2, -0.15) is 0 Å². The number of nitrogens with one attached hydrogen (secondary N) is 2. The summed E-state index contributed by atoms with van der Waals surface area (Å²) >= 11 is 0. The number of hydrogen-bond acceptors (Lipinski definition) is 4. The minimum absolute atomic E-state index is 0.0728. The van der Waals surface area contributed by atoms with Crippen molar-refractivity contribution in [3.63, 3.8) is 0 Å². The normalized spacial score (nSPS) is 24.2. The molecule has 0 saturated heterocycles. The molecule has 2 saturated carbocycles. The first kappa shape index (κ1) is 21.4. The van der Waals surface area contributed by atoms with Crippen LogP contribution in [-0.4, -0.2) is 31.9 Å². The van der Waals surface area contributed by atoms with E-state index in [4.69, 9.17) is 4.74 Å². The van der Waals surface area contributed by atoms with Gasteiger partial charge in [0.1, 0.15) is 5.75 Å². The maximum atomic E-state index is 12.3. The van der Waals surface area contributed by atoms with Crippen LogP contribution in [0.3, 0.4) is 0 Å². The van der Waals surface area contributed by atoms with Gasteiger partial charge in [-0.15, -0.1) is 0 Å². The summed E-state index contributed by atoms with van der Waals surface area (Å²) in [6.07, 6.45) is 9.17. The minimum atomic E-state index is -3.26. The van der Waals surface area contributed by atoms with Crippen LogP contribution in [0, 0.1) is 5.92 Å². The molecular formula is C22H36N2O3S. The van der Waals surface area contributed by atoms with Gasteiger partial charge in [0.05, 0.1) is 10.9 Å². The van der Waals surface area contributed by atoms with Crippen molar-refractivity contribution in [1.29, 1.82) is 0 Å². The standard InChI is InChI=1S/C22H36N2O3S/c1-22(2,3)28(25,26)24-18-13-11-17(12-14-18)16-23-19-7-6-10-21(15-19)27-20-8-4-5-9-20/h6-7,10,15,17-18,20,23-24H,4-5,8-9,11-14,16H2,1-3H3. The Hall–Kier alpha value is -1.27. The smallest absolute Gasteiger partial charge is 0.216 e. The van der Waals surface area contributed by atoms with Gasteiger partial charge in [-0.25, -0.2) is 13.1 Å². The SMILES string of the molecule is CC(C)(C)S(=O)(=O)NC1CCC(CNc2cccc(OC3CCCC3)c2)CC1. The average Bonchev–Trinajstić information content (AvgIpc) is 3.13. The van der Waals surface area contributed by atoms with Gasteiger partial charge in [0.25, 0.3) is 0 Å². The van der Waals surface area contributed by atoms with Gasteiger partial charge < -0.3 is 10.1 Å². The van der Waals surface area contributed by atoms with Crippen molar-refractivity contribution in [1.82, 2.24) is 4.72 Å². The fourth-order valence-corrected chi connectivity index (χ4v) is 5.05. The molecule has 2 fully saturated rings. The Morgan fingerprint density at radius 1 is 1.04 bits per heavy atom. The molecule has 3 rings (SSSR count). The third-order valence-electron chi connectivity index (χ3n) is 6.01. The number of rotatable bonds is 7. The summed E-state index contributed by atoms with van der Waals surface area (Å²) in [6, 6.07) is 8.34. The lowest BCUT2D eigenvalue weighted by atomic mass is 9.86. The van der Waals surface area contributed by atoms with E-state index in [1.54, 1.807) is 20.8 Å². The van der Waals surface area contributed by atoms with Gasteiger partial charge in [-0.1, -0.05) is 6.07 Å². The monoisotopic (exact) mass is 408 g/mol. The first-order chi connectivity index (χ1) is 13.2. The van der Waals surface area contributed by atoms with Crippen LogP contribution >= 0.6 is 0 Å². The lowest BCUT2D eigenvalue weighted by Crippen LogP contribution is -2.46. The van der Waals surface area contributed by atoms with Crippen molar-refractivity contribution in [2.45, 2.75) is 89.0 Å². The Morgan fingerprint density at radius 2 is 1.71 bits per heavy atom. The van der Waals surface area contributed by atoms with Gasteiger partial charge in [-0.3, -0.25) is 0 Å². The van der Waals surface area contributed by atoms with E-state index in [0.29, 0.717) is 12.0 Å². The van der Waals surface area contributed by atoms with E-state index in [-0.39, 0.29) is 6.04 Å². The molecule has 0 atom stereocenters. The van der Waals surface area contributed by atoms with Gasteiger partial charge in [0, 0.05) is 24.3 Å². The maximum Gasteiger partial charge on any atom is 0.216 e. The molecule has 0 unspecified atom stereocenters. The summed E-state index contributed by atoms with van der Waals surface area (Å²) in [6.45, 7) is 6.16. The molecule has 158 valence electrons. The lowest BCUT2D eigenvalue weighted by Gasteiger charge is -2.31. The Kier molecular flexibility index (Phi) is 6.92. The number of anilines is 1. The van der Waals surface area contributed by atoms with Crippen LogP contribution in [0.2, 0.25) is 0 Å². The topological polar surface area (TPSA) is 67.4 Å². The zero-order valence-electron chi connectivity index (χ0n) is 17.5. The summed E-state index contributed by atoms with van der Waals surface area (Å²) in [4.78, 5) is 0. The van der Waals surface area contributed by atoms with Crippen molar-refractivity contribution in [2.24, 2.45) is 5.92 Å². The van der Waals surface area contributed by atoms with Crippen LogP contribution in [-0.2, 0) is 10.0 Å². The van der Waals surface area contributed by atoms with Gasteiger partial charge in [0.2, 0.25) is 10.0 Å². The van der Waals surface area contributed by atoms with E-state index in [1.165, 1.54) is 25.7 Å². The second kappa shape index (κ2) is 9.04. The lowest BCUT2D eigenvalue weighted by molar-refractivity contribution is 0.210. The summed E-state index contributed by atoms with van der Waals surface area (Å²) in [5, 5.41) is 3.55. The van der Waals surface area contributed by atoms with Crippen LogP contribution < -0.4 is 14.8 Å². The second-order valence-corrected chi connectivity index (χ2v) is 11.9. The zero-order chi connectivity index (χ0) is 20.2. The Bertz CT molecular complexity index is 728. The molecule has 28 heavy (non-hydrogen) atoms. The summed E-state index contributed by atoms with van der Waals surface area (Å²) in [5.74, 6) is 1.53. The fraction of sp³-hybridized carbons (Fsp3) is 0.727. The first-order valence-electron chi connectivity index (χ1n) is 10.8. The largest absolute Gasteiger partial charge is 0.490 e. The molecule has 1 aromatic rings. The van der Waals surface area contributed by atoms with E-state index in [2.05, 4.69) is 22.2 Å². The van der Waals surface area contributed by atoms with Crippen LogP contribution in [0.5, 0.6) is 5.75 Å². The van der Waals surface area contributed by atoms with E-state index < -0.39 is 14.8 Å². The Labute approximate surface area is 170 Å². The van der Waals surface area contributed by atoms with Crippen LogP contribution in [0.25, 0.3) is 0 Å². The summed E-state index contributed by atoms with van der Waals surface area (Å²) < 4.78 is 32.9. The maximum absolute atomic E-state index is 12.3. The van der Waals surface area contributed by atoms with Crippen LogP contribution in [0.4, 0.5) is 5.69 Å². The highest BCUT2D eigenvalue weighted by atomic mass is 32.2. The highest BCUT2D eigenvalue weighted by Crippen LogP contribution is 2.28. The molecule has 2 N–H and O–H groups in total. The molecular weight excluding hydrogens is 372 g/mol. The number of sulfonamides is 1. The molecule has 0 bridgehead atoms. The van der Waals surface area contributed by atoms with E-state index in [9.17, 15) is 8.42 Å². The molecule has 0 amide bonds. The average molecular weight is 409 g/mol. The van der Waals surface area contributed by atoms with E-state index in [0.717, 1.165) is 43.7 Å². The predicted molar refractivity (Wildman–Crippen MR) is 115 cm³/mol. The molecule has 0 spiro atoms. The number of benzene rings is 1. The summed E-state index contributed by atoms with van der Waals surface area (Å²) in [5.41, 5.74) is 1.10. The third kappa shape index (κ3) is 5.86. The molecule has 2 aliphatic rings. The second-order valence-electron chi connectivity index (χ2n) is 9.38. The van der Waals surface area contributed by atoms with E-state index in [1.807, 2.05) is 12.1 Å². The van der Waals surface area contributed by atoms with Gasteiger partial charge in [0.15, 0.2) is 0 Å². The molecule has 1 aromatic carbocycles.